The zero-order valence-corrected chi connectivity index (χ0v) is 15.6. The molecule has 9 nitrogen and oxygen atoms in total. The van der Waals surface area contributed by atoms with Crippen molar-refractivity contribution in [3.8, 4) is 5.69 Å². The summed E-state index contributed by atoms with van der Waals surface area (Å²) in [5.41, 5.74) is -0.0737. The summed E-state index contributed by atoms with van der Waals surface area (Å²) < 4.78 is 10.6. The number of alkyl carbamates (subject to hydrolysis) is 1. The molecular formula is C20H17N3O6. The number of esters is 1. The summed E-state index contributed by atoms with van der Waals surface area (Å²) in [6.07, 6.45) is -2.27. The van der Waals surface area contributed by atoms with Gasteiger partial charge >= 0.3 is 12.1 Å². The third-order valence-electron chi connectivity index (χ3n) is 4.06. The molecule has 3 aromatic rings. The minimum Gasteiger partial charge on any atom is -0.453 e. The Morgan fingerprint density at radius 2 is 1.62 bits per heavy atom. The highest BCUT2D eigenvalue weighted by molar-refractivity contribution is 6.03. The maximum atomic E-state index is 12.8. The largest absolute Gasteiger partial charge is 0.453 e. The van der Waals surface area contributed by atoms with Crippen LogP contribution >= 0.6 is 0 Å². The molecule has 0 aliphatic carbocycles. The van der Waals surface area contributed by atoms with Crippen molar-refractivity contribution in [3.05, 3.63) is 70.6 Å². The van der Waals surface area contributed by atoms with Crippen LogP contribution in [0.5, 0.6) is 0 Å². The average molecular weight is 395 g/mol. The van der Waals surface area contributed by atoms with E-state index < -0.39 is 29.6 Å². The van der Waals surface area contributed by atoms with Gasteiger partial charge < -0.3 is 9.47 Å². The number of carbonyl (C=O) groups is 3. The van der Waals surface area contributed by atoms with Crippen molar-refractivity contribution in [2.24, 2.45) is 0 Å². The molecule has 0 saturated carbocycles. The number of fused-ring (bicyclic) bond motifs is 1. The van der Waals surface area contributed by atoms with Gasteiger partial charge in [-0.2, -0.15) is 9.78 Å². The number of ether oxygens (including phenoxy) is 2. The van der Waals surface area contributed by atoms with Gasteiger partial charge in [0.05, 0.1) is 18.2 Å². The van der Waals surface area contributed by atoms with Crippen molar-refractivity contribution in [2.75, 3.05) is 7.11 Å². The monoisotopic (exact) mass is 395 g/mol. The van der Waals surface area contributed by atoms with Crippen molar-refractivity contribution in [2.45, 2.75) is 13.0 Å². The lowest BCUT2D eigenvalue weighted by atomic mass is 10.1. The van der Waals surface area contributed by atoms with Gasteiger partial charge in [-0.15, -0.1) is 0 Å². The summed E-state index contributed by atoms with van der Waals surface area (Å²) in [7, 11) is 1.10. The summed E-state index contributed by atoms with van der Waals surface area (Å²) in [6, 6.07) is 15.0. The van der Waals surface area contributed by atoms with Crippen LogP contribution in [0.3, 0.4) is 0 Å². The number of benzene rings is 2. The molecule has 0 radical (unpaired) electrons. The molecule has 0 aliphatic rings. The first-order chi connectivity index (χ1) is 13.9. The van der Waals surface area contributed by atoms with E-state index in [1.165, 1.54) is 6.92 Å². The third-order valence-corrected chi connectivity index (χ3v) is 4.06. The maximum absolute atomic E-state index is 12.8. The molecule has 2 amide bonds. The van der Waals surface area contributed by atoms with E-state index in [0.29, 0.717) is 5.69 Å². The average Bonchev–Trinajstić information content (AvgIpc) is 2.74. The van der Waals surface area contributed by atoms with Crippen molar-refractivity contribution in [1.29, 1.82) is 0 Å². The second-order valence-electron chi connectivity index (χ2n) is 5.98. The van der Waals surface area contributed by atoms with Gasteiger partial charge in [0, 0.05) is 5.39 Å². The zero-order chi connectivity index (χ0) is 21.0. The van der Waals surface area contributed by atoms with E-state index in [2.05, 4.69) is 9.84 Å². The van der Waals surface area contributed by atoms with Crippen LogP contribution in [0.15, 0.2) is 59.4 Å². The van der Waals surface area contributed by atoms with E-state index in [9.17, 15) is 19.2 Å². The summed E-state index contributed by atoms with van der Waals surface area (Å²) in [4.78, 5) is 48.6. The molecule has 0 bridgehead atoms. The molecular weight excluding hydrogens is 378 g/mol. The van der Waals surface area contributed by atoms with E-state index in [1.807, 2.05) is 5.32 Å². The highest BCUT2D eigenvalue weighted by atomic mass is 16.6. The van der Waals surface area contributed by atoms with E-state index in [0.717, 1.165) is 11.8 Å². The lowest BCUT2D eigenvalue weighted by molar-refractivity contribution is -0.128. The smallest absolute Gasteiger partial charge is 0.413 e. The number of nitrogens with one attached hydrogen (secondary N) is 1. The number of para-hydroxylation sites is 1. The molecule has 0 spiro atoms. The predicted octanol–water partition coefficient (Wildman–Crippen LogP) is 1.81. The van der Waals surface area contributed by atoms with Gasteiger partial charge in [-0.1, -0.05) is 36.4 Å². The quantitative estimate of drug-likeness (QED) is 0.670. The number of amides is 2. The highest BCUT2D eigenvalue weighted by Crippen LogP contribution is 2.16. The van der Waals surface area contributed by atoms with Crippen molar-refractivity contribution >= 4 is 28.7 Å². The Morgan fingerprint density at radius 3 is 2.28 bits per heavy atom. The number of hydrogen-bond acceptors (Lipinski definition) is 7. The summed E-state index contributed by atoms with van der Waals surface area (Å²) >= 11 is 0. The topological polar surface area (TPSA) is 117 Å². The molecule has 0 unspecified atom stereocenters. The number of hydrogen-bond donors (Lipinski definition) is 1. The normalized spacial score (nSPS) is 11.5. The highest BCUT2D eigenvalue weighted by Gasteiger charge is 2.24. The zero-order valence-electron chi connectivity index (χ0n) is 15.6. The van der Waals surface area contributed by atoms with Crippen LogP contribution < -0.4 is 10.9 Å². The van der Waals surface area contributed by atoms with Crippen LogP contribution in [0, 0.1) is 0 Å². The number of rotatable bonds is 4. The molecule has 2 aromatic carbocycles. The summed E-state index contributed by atoms with van der Waals surface area (Å²) in [5.74, 6) is -1.77. The molecule has 9 heteroatoms. The summed E-state index contributed by atoms with van der Waals surface area (Å²) in [5, 5.41) is 6.64. The standard InChI is InChI=1S/C20H17N3O6/c1-12(17(24)21-20(27)28-2)29-19(26)16-14-10-6-7-11-15(14)18(25)23(22-16)13-8-4-3-5-9-13/h3-12H,1-2H3,(H,21,24,27)/t12-/m0/s1. The number of imide groups is 1. The van der Waals surface area contributed by atoms with Crippen LogP contribution in [-0.2, 0) is 14.3 Å². The first-order valence-corrected chi connectivity index (χ1v) is 8.59. The predicted molar refractivity (Wildman–Crippen MR) is 103 cm³/mol. The second-order valence-corrected chi connectivity index (χ2v) is 5.98. The van der Waals surface area contributed by atoms with Gasteiger partial charge in [0.25, 0.3) is 11.5 Å². The van der Waals surface area contributed by atoms with E-state index >= 15 is 0 Å². The van der Waals surface area contributed by atoms with Crippen LogP contribution in [0.25, 0.3) is 16.5 Å². The van der Waals surface area contributed by atoms with Gasteiger partial charge in [-0.05, 0) is 25.1 Å². The van der Waals surface area contributed by atoms with E-state index in [1.54, 1.807) is 54.6 Å². The SMILES string of the molecule is COC(=O)NC(=O)[C@H](C)OC(=O)c1nn(-c2ccccc2)c(=O)c2ccccc12. The Bertz CT molecular complexity index is 1140. The van der Waals surface area contributed by atoms with Gasteiger partial charge in [0.2, 0.25) is 0 Å². The van der Waals surface area contributed by atoms with E-state index in [4.69, 9.17) is 4.74 Å². The number of methoxy groups -OCH3 is 1. The molecule has 3 rings (SSSR count). The fourth-order valence-electron chi connectivity index (χ4n) is 2.61. The Kier molecular flexibility index (Phi) is 5.68. The molecule has 1 heterocycles. The van der Waals surface area contributed by atoms with Crippen molar-refractivity contribution < 1.29 is 23.9 Å². The van der Waals surface area contributed by atoms with Crippen LogP contribution in [0.2, 0.25) is 0 Å². The van der Waals surface area contributed by atoms with Crippen LogP contribution in [0.4, 0.5) is 4.79 Å². The molecule has 0 saturated heterocycles. The van der Waals surface area contributed by atoms with Crippen molar-refractivity contribution in [1.82, 2.24) is 15.1 Å². The Labute approximate surface area is 164 Å². The van der Waals surface area contributed by atoms with Crippen molar-refractivity contribution in [3.63, 3.8) is 0 Å². The van der Waals surface area contributed by atoms with Gasteiger partial charge in [-0.25, -0.2) is 9.59 Å². The molecule has 1 aromatic heterocycles. The number of nitrogens with zero attached hydrogens (tertiary/aromatic N) is 2. The first-order valence-electron chi connectivity index (χ1n) is 8.59. The molecule has 29 heavy (non-hydrogen) atoms. The fourth-order valence-corrected chi connectivity index (χ4v) is 2.61. The molecule has 148 valence electrons. The second kappa shape index (κ2) is 8.34. The first kappa shape index (κ1) is 19.7. The number of carbonyl (C=O) groups excluding carboxylic acids is 3. The minimum absolute atomic E-state index is 0.137. The Hall–Kier alpha value is -4.01. The maximum Gasteiger partial charge on any atom is 0.413 e. The van der Waals surface area contributed by atoms with Crippen LogP contribution in [0.1, 0.15) is 17.4 Å². The number of aromatic nitrogens is 2. The lowest BCUT2D eigenvalue weighted by Crippen LogP contribution is -2.39. The molecule has 0 aliphatic heterocycles. The Balaban J connectivity index is 2.01. The van der Waals surface area contributed by atoms with Gasteiger partial charge in [0.1, 0.15) is 0 Å². The molecule has 1 N–H and O–H groups in total. The van der Waals surface area contributed by atoms with E-state index in [-0.39, 0.29) is 16.5 Å². The fraction of sp³-hybridized carbons (Fsp3) is 0.150. The van der Waals surface area contributed by atoms with Gasteiger partial charge in [0.15, 0.2) is 11.8 Å². The summed E-state index contributed by atoms with van der Waals surface area (Å²) in [6.45, 7) is 1.30. The molecule has 1 atom stereocenters. The lowest BCUT2D eigenvalue weighted by Gasteiger charge is -2.14. The van der Waals surface area contributed by atoms with Gasteiger partial charge in [-0.3, -0.25) is 14.9 Å². The third kappa shape index (κ3) is 4.13. The Morgan fingerprint density at radius 1 is 1.00 bits per heavy atom. The minimum atomic E-state index is -1.29. The molecule has 0 fully saturated rings. The van der Waals surface area contributed by atoms with Crippen LogP contribution in [-0.4, -0.2) is 41.0 Å².